The molecule has 1 aromatic carbocycles. The van der Waals surface area contributed by atoms with Gasteiger partial charge in [-0.05, 0) is 24.6 Å². The highest BCUT2D eigenvalue weighted by Gasteiger charge is 2.16. The highest BCUT2D eigenvalue weighted by Crippen LogP contribution is 2.35. The topological polar surface area (TPSA) is 66.5 Å². The number of hydrogen-bond donors (Lipinski definition) is 2. The number of benzene rings is 1. The van der Waals surface area contributed by atoms with Crippen molar-refractivity contribution in [2.24, 2.45) is 0 Å². The molecule has 0 unspecified atom stereocenters. The lowest BCUT2D eigenvalue weighted by Gasteiger charge is -2.04. The molecule has 0 bridgehead atoms. The summed E-state index contributed by atoms with van der Waals surface area (Å²) in [7, 11) is 0. The molecular formula is C16H11Cl2N5S. The van der Waals surface area contributed by atoms with Gasteiger partial charge in [0, 0.05) is 6.20 Å². The maximum atomic E-state index is 6.30. The van der Waals surface area contributed by atoms with Crippen molar-refractivity contribution in [2.45, 2.75) is 6.92 Å². The monoisotopic (exact) mass is 375 g/mol. The van der Waals surface area contributed by atoms with Crippen LogP contribution in [0.2, 0.25) is 10.0 Å². The predicted octanol–water partition coefficient (Wildman–Crippen LogP) is 5.44. The fourth-order valence-electron chi connectivity index (χ4n) is 2.45. The molecule has 3 heterocycles. The minimum atomic E-state index is 0.545. The summed E-state index contributed by atoms with van der Waals surface area (Å²) in [6, 6.07) is 5.38. The Balaban J connectivity index is 1.90. The van der Waals surface area contributed by atoms with Crippen molar-refractivity contribution in [1.29, 1.82) is 0 Å². The van der Waals surface area contributed by atoms with Crippen molar-refractivity contribution in [2.75, 3.05) is 5.32 Å². The van der Waals surface area contributed by atoms with Gasteiger partial charge in [0.15, 0.2) is 5.82 Å². The van der Waals surface area contributed by atoms with E-state index in [0.29, 0.717) is 27.3 Å². The van der Waals surface area contributed by atoms with Crippen molar-refractivity contribution in [3.63, 3.8) is 0 Å². The number of rotatable bonds is 3. The van der Waals surface area contributed by atoms with Crippen LogP contribution in [0.25, 0.3) is 22.4 Å². The van der Waals surface area contributed by atoms with E-state index in [1.54, 1.807) is 36.1 Å². The normalized spacial score (nSPS) is 11.1. The van der Waals surface area contributed by atoms with Gasteiger partial charge in [-0.15, -0.1) is 11.3 Å². The highest BCUT2D eigenvalue weighted by molar-refractivity contribution is 7.13. The fourth-order valence-corrected chi connectivity index (χ4v) is 3.54. The molecule has 3 aromatic heterocycles. The highest BCUT2D eigenvalue weighted by atomic mass is 35.5. The molecule has 0 fully saturated rings. The van der Waals surface area contributed by atoms with Crippen LogP contribution in [0.3, 0.4) is 0 Å². The minimum Gasteiger partial charge on any atom is -0.335 e. The number of thiazole rings is 1. The fraction of sp³-hybridized carbons (Fsp3) is 0.0625. The first kappa shape index (κ1) is 15.4. The maximum absolute atomic E-state index is 6.30. The number of anilines is 2. The van der Waals surface area contributed by atoms with Gasteiger partial charge in [-0.1, -0.05) is 29.3 Å². The van der Waals surface area contributed by atoms with Gasteiger partial charge in [0.05, 0.1) is 32.8 Å². The summed E-state index contributed by atoms with van der Waals surface area (Å²) in [4.78, 5) is 16.5. The lowest BCUT2D eigenvalue weighted by molar-refractivity contribution is 1.28. The number of aromatic nitrogens is 4. The van der Waals surface area contributed by atoms with Crippen molar-refractivity contribution in [3.05, 3.63) is 51.7 Å². The minimum absolute atomic E-state index is 0.545. The molecule has 0 aliphatic carbocycles. The first-order chi connectivity index (χ1) is 11.6. The largest absolute Gasteiger partial charge is 0.335 e. The zero-order chi connectivity index (χ0) is 16.7. The Morgan fingerprint density at radius 1 is 1.17 bits per heavy atom. The number of imidazole rings is 1. The van der Waals surface area contributed by atoms with Crippen molar-refractivity contribution in [1.82, 2.24) is 19.9 Å². The summed E-state index contributed by atoms with van der Waals surface area (Å²) >= 11 is 14.1. The molecule has 0 atom stereocenters. The molecule has 0 spiro atoms. The van der Waals surface area contributed by atoms with Gasteiger partial charge in [-0.25, -0.2) is 9.97 Å². The lowest BCUT2D eigenvalue weighted by Crippen LogP contribution is -1.94. The molecule has 0 aliphatic heterocycles. The molecule has 24 heavy (non-hydrogen) atoms. The maximum Gasteiger partial charge on any atom is 0.157 e. The third kappa shape index (κ3) is 2.62. The summed E-state index contributed by atoms with van der Waals surface area (Å²) in [6.45, 7) is 1.96. The zero-order valence-electron chi connectivity index (χ0n) is 12.5. The number of fused-ring (bicyclic) bond motifs is 1. The van der Waals surface area contributed by atoms with Crippen LogP contribution < -0.4 is 5.32 Å². The number of pyridine rings is 1. The predicted molar refractivity (Wildman–Crippen MR) is 99.5 cm³/mol. The van der Waals surface area contributed by atoms with Crippen LogP contribution >= 0.6 is 34.5 Å². The summed E-state index contributed by atoms with van der Waals surface area (Å²) < 4.78 is 0. The van der Waals surface area contributed by atoms with Gasteiger partial charge in [0.2, 0.25) is 0 Å². The van der Waals surface area contributed by atoms with E-state index < -0.39 is 0 Å². The second-order valence-electron chi connectivity index (χ2n) is 5.19. The van der Waals surface area contributed by atoms with Crippen molar-refractivity contribution in [3.8, 4) is 11.4 Å². The Morgan fingerprint density at radius 2 is 1.96 bits per heavy atom. The average molecular weight is 376 g/mol. The Labute approximate surface area is 151 Å². The van der Waals surface area contributed by atoms with E-state index in [1.165, 1.54) is 11.3 Å². The van der Waals surface area contributed by atoms with E-state index in [4.69, 9.17) is 23.2 Å². The van der Waals surface area contributed by atoms with Gasteiger partial charge in [-0.2, -0.15) is 0 Å². The molecule has 2 N–H and O–H groups in total. The molecule has 0 saturated carbocycles. The Kier molecular flexibility index (Phi) is 3.88. The number of H-pyrrole nitrogens is 1. The molecule has 5 nitrogen and oxygen atoms in total. The Morgan fingerprint density at radius 3 is 2.67 bits per heavy atom. The quantitative estimate of drug-likeness (QED) is 0.500. The van der Waals surface area contributed by atoms with E-state index in [9.17, 15) is 0 Å². The number of halogens is 2. The first-order valence-corrected chi connectivity index (χ1v) is 8.72. The van der Waals surface area contributed by atoms with Gasteiger partial charge >= 0.3 is 0 Å². The van der Waals surface area contributed by atoms with E-state index in [0.717, 1.165) is 21.6 Å². The lowest BCUT2D eigenvalue weighted by atomic mass is 10.2. The third-order valence-corrected chi connectivity index (χ3v) is 4.89. The molecule has 0 aliphatic rings. The molecule has 4 rings (SSSR count). The van der Waals surface area contributed by atoms with Crippen LogP contribution in [-0.2, 0) is 0 Å². The third-order valence-electron chi connectivity index (χ3n) is 3.57. The Hall–Kier alpha value is -2.15. The van der Waals surface area contributed by atoms with Crippen molar-refractivity contribution >= 4 is 56.4 Å². The second kappa shape index (κ2) is 6.05. The molecule has 4 aromatic rings. The van der Waals surface area contributed by atoms with E-state index in [-0.39, 0.29) is 0 Å². The SMILES string of the molecule is Cc1cnc(Nc2cncs2)c2[nH]c(-c3c(Cl)cccc3Cl)nc12. The number of aromatic amines is 1. The van der Waals surface area contributed by atoms with E-state index in [1.807, 2.05) is 6.92 Å². The van der Waals surface area contributed by atoms with Gasteiger partial charge < -0.3 is 10.3 Å². The summed E-state index contributed by atoms with van der Waals surface area (Å²) in [5.74, 6) is 1.30. The molecule has 0 radical (unpaired) electrons. The number of nitrogens with zero attached hydrogens (tertiary/aromatic N) is 3. The molecule has 120 valence electrons. The summed E-state index contributed by atoms with van der Waals surface area (Å²) in [5.41, 5.74) is 5.03. The second-order valence-corrected chi connectivity index (χ2v) is 6.89. The van der Waals surface area contributed by atoms with Gasteiger partial charge in [-0.3, -0.25) is 4.98 Å². The van der Waals surface area contributed by atoms with E-state index in [2.05, 4.69) is 25.3 Å². The molecule has 0 saturated heterocycles. The number of aryl methyl sites for hydroxylation is 1. The van der Waals surface area contributed by atoms with Crippen LogP contribution in [0.5, 0.6) is 0 Å². The summed E-state index contributed by atoms with van der Waals surface area (Å²) in [5, 5.41) is 5.25. The van der Waals surface area contributed by atoms with Crippen LogP contribution in [0.1, 0.15) is 5.56 Å². The van der Waals surface area contributed by atoms with Crippen molar-refractivity contribution < 1.29 is 0 Å². The number of nitrogens with one attached hydrogen (secondary N) is 2. The van der Waals surface area contributed by atoms with Crippen LogP contribution in [0, 0.1) is 6.92 Å². The molecular weight excluding hydrogens is 365 g/mol. The smallest absolute Gasteiger partial charge is 0.157 e. The van der Waals surface area contributed by atoms with E-state index >= 15 is 0 Å². The van der Waals surface area contributed by atoms with Crippen LogP contribution in [-0.4, -0.2) is 19.9 Å². The summed E-state index contributed by atoms with van der Waals surface area (Å²) in [6.07, 6.45) is 3.53. The zero-order valence-corrected chi connectivity index (χ0v) is 14.8. The average Bonchev–Trinajstić information content (AvgIpc) is 3.20. The first-order valence-electron chi connectivity index (χ1n) is 7.08. The molecule has 0 amide bonds. The van der Waals surface area contributed by atoms with Gasteiger partial charge in [0.1, 0.15) is 16.3 Å². The Bertz CT molecular complexity index is 1010. The molecule has 8 heteroatoms. The van der Waals surface area contributed by atoms with Crippen LogP contribution in [0.4, 0.5) is 10.8 Å². The van der Waals surface area contributed by atoms with Gasteiger partial charge in [0.25, 0.3) is 0 Å². The van der Waals surface area contributed by atoms with Crippen LogP contribution in [0.15, 0.2) is 36.1 Å². The number of hydrogen-bond acceptors (Lipinski definition) is 5. The standard InChI is InChI=1S/C16H11Cl2N5S/c1-8-5-20-16(21-11-6-19-7-24-11)14-13(8)22-15(23-14)12-9(17)3-2-4-10(12)18/h2-7H,1H3,(H,20,21)(H,22,23).